The Morgan fingerprint density at radius 3 is 2.29 bits per heavy atom. The van der Waals surface area contributed by atoms with E-state index in [0.717, 1.165) is 0 Å². The Bertz CT molecular complexity index is 688. The molecular weight excluding hydrogens is 428 g/mol. The zero-order valence-corrected chi connectivity index (χ0v) is 18.6. The van der Waals surface area contributed by atoms with Crippen molar-refractivity contribution in [2.75, 3.05) is 12.3 Å². The monoisotopic (exact) mass is 460 g/mol. The molecule has 0 aliphatic carbocycles. The van der Waals surface area contributed by atoms with Crippen LogP contribution in [-0.2, 0) is 24.0 Å². The first-order valence-electron chi connectivity index (χ1n) is 10.2. The molecule has 0 saturated carbocycles. The summed E-state index contributed by atoms with van der Waals surface area (Å²) in [5, 5.41) is 22.7. The summed E-state index contributed by atoms with van der Waals surface area (Å²) >= 11 is 3.87. The highest BCUT2D eigenvalue weighted by atomic mass is 32.1. The van der Waals surface area contributed by atoms with E-state index < -0.39 is 54.3 Å². The Kier molecular flexibility index (Phi) is 10.8. The van der Waals surface area contributed by atoms with Crippen molar-refractivity contribution in [2.24, 2.45) is 11.7 Å². The van der Waals surface area contributed by atoms with Gasteiger partial charge in [-0.3, -0.25) is 19.2 Å². The van der Waals surface area contributed by atoms with E-state index in [1.54, 1.807) is 0 Å². The summed E-state index contributed by atoms with van der Waals surface area (Å²) in [5.41, 5.74) is 5.97. The quantitative estimate of drug-likeness (QED) is 0.205. The summed E-state index contributed by atoms with van der Waals surface area (Å²) in [6.45, 7) is 4.22. The fourth-order valence-corrected chi connectivity index (χ4v) is 3.63. The van der Waals surface area contributed by atoms with Crippen LogP contribution >= 0.6 is 12.6 Å². The summed E-state index contributed by atoms with van der Waals surface area (Å²) in [7, 11) is 0. The van der Waals surface area contributed by atoms with Crippen LogP contribution in [0.25, 0.3) is 0 Å². The van der Waals surface area contributed by atoms with Gasteiger partial charge in [-0.15, -0.1) is 0 Å². The lowest BCUT2D eigenvalue weighted by Crippen LogP contribution is -2.57. The smallest absolute Gasteiger partial charge is 0.327 e. The number of carbonyl (C=O) groups excluding carboxylic acids is 3. The van der Waals surface area contributed by atoms with Gasteiger partial charge in [-0.05, 0) is 31.6 Å². The Hall–Kier alpha value is -2.34. The standard InChI is InChI=1S/C19H32N4O7S/c1-10(2)8-11(20)18(28)23-7-3-4-14(23)17(27)21-12(5-6-15(24)25)16(26)22-13(9-31)19(29)30/h10-14,31H,3-9,20H2,1-2H3,(H,21,27)(H,22,26)(H,24,25)(H,29,30). The maximum absolute atomic E-state index is 12.8. The van der Waals surface area contributed by atoms with Gasteiger partial charge in [0.05, 0.1) is 6.04 Å². The molecule has 4 atom stereocenters. The molecule has 1 saturated heterocycles. The summed E-state index contributed by atoms with van der Waals surface area (Å²) in [6, 6.07) is -4.14. The van der Waals surface area contributed by atoms with Gasteiger partial charge >= 0.3 is 11.9 Å². The van der Waals surface area contributed by atoms with Crippen LogP contribution in [0.4, 0.5) is 0 Å². The van der Waals surface area contributed by atoms with E-state index in [1.165, 1.54) is 4.90 Å². The minimum Gasteiger partial charge on any atom is -0.481 e. The van der Waals surface area contributed by atoms with E-state index in [2.05, 4.69) is 23.3 Å². The molecule has 176 valence electrons. The molecule has 1 aliphatic heterocycles. The highest BCUT2D eigenvalue weighted by Gasteiger charge is 2.38. The molecule has 1 fully saturated rings. The van der Waals surface area contributed by atoms with Crippen LogP contribution in [0.3, 0.4) is 0 Å². The molecule has 1 aliphatic rings. The highest BCUT2D eigenvalue weighted by Crippen LogP contribution is 2.20. The van der Waals surface area contributed by atoms with Gasteiger partial charge < -0.3 is 31.5 Å². The summed E-state index contributed by atoms with van der Waals surface area (Å²) < 4.78 is 0. The van der Waals surface area contributed by atoms with Gasteiger partial charge in [0.2, 0.25) is 17.7 Å². The van der Waals surface area contributed by atoms with Crippen molar-refractivity contribution >= 4 is 42.3 Å². The van der Waals surface area contributed by atoms with E-state index in [9.17, 15) is 24.0 Å². The Labute approximate surface area is 186 Å². The number of aliphatic carboxylic acids is 2. The van der Waals surface area contributed by atoms with E-state index in [-0.39, 0.29) is 24.0 Å². The van der Waals surface area contributed by atoms with Crippen LogP contribution in [0.1, 0.15) is 46.0 Å². The summed E-state index contributed by atoms with van der Waals surface area (Å²) in [6.07, 6.45) is 0.787. The zero-order valence-electron chi connectivity index (χ0n) is 17.7. The van der Waals surface area contributed by atoms with Crippen LogP contribution < -0.4 is 16.4 Å². The normalized spacial score (nSPS) is 18.9. The average molecular weight is 461 g/mol. The highest BCUT2D eigenvalue weighted by molar-refractivity contribution is 7.80. The fourth-order valence-electron chi connectivity index (χ4n) is 3.39. The number of rotatable bonds is 12. The molecule has 11 nitrogen and oxygen atoms in total. The number of nitrogens with one attached hydrogen (secondary N) is 2. The van der Waals surface area contributed by atoms with Crippen LogP contribution in [0.15, 0.2) is 0 Å². The van der Waals surface area contributed by atoms with Crippen molar-refractivity contribution in [2.45, 2.75) is 70.1 Å². The molecule has 0 radical (unpaired) electrons. The van der Waals surface area contributed by atoms with Gasteiger partial charge in [0, 0.05) is 18.7 Å². The maximum Gasteiger partial charge on any atom is 0.327 e. The third-order valence-electron chi connectivity index (χ3n) is 4.96. The molecule has 0 aromatic rings. The topological polar surface area (TPSA) is 179 Å². The number of hydrogen-bond donors (Lipinski definition) is 6. The predicted octanol–water partition coefficient (Wildman–Crippen LogP) is -0.800. The molecule has 31 heavy (non-hydrogen) atoms. The number of nitrogens with two attached hydrogens (primary N) is 1. The van der Waals surface area contributed by atoms with E-state index in [0.29, 0.717) is 25.8 Å². The number of nitrogens with zero attached hydrogens (tertiary/aromatic N) is 1. The number of likely N-dealkylation sites (tertiary alicyclic amines) is 1. The predicted molar refractivity (Wildman–Crippen MR) is 114 cm³/mol. The molecule has 4 unspecified atom stereocenters. The molecule has 3 amide bonds. The van der Waals surface area contributed by atoms with Crippen LogP contribution in [0, 0.1) is 5.92 Å². The first-order valence-corrected chi connectivity index (χ1v) is 10.8. The summed E-state index contributed by atoms with van der Waals surface area (Å²) in [4.78, 5) is 61.5. The second kappa shape index (κ2) is 12.5. The fraction of sp³-hybridized carbons (Fsp3) is 0.737. The minimum atomic E-state index is -1.31. The molecule has 0 bridgehead atoms. The lowest BCUT2D eigenvalue weighted by molar-refractivity contribution is -0.143. The zero-order chi connectivity index (χ0) is 23.7. The van der Waals surface area contributed by atoms with Gasteiger partial charge in [-0.2, -0.15) is 12.6 Å². The molecule has 6 N–H and O–H groups in total. The van der Waals surface area contributed by atoms with Crippen LogP contribution in [-0.4, -0.2) is 81.2 Å². The van der Waals surface area contributed by atoms with E-state index in [4.69, 9.17) is 15.9 Å². The minimum absolute atomic E-state index is 0.181. The van der Waals surface area contributed by atoms with Crippen molar-refractivity contribution < 1.29 is 34.2 Å². The van der Waals surface area contributed by atoms with E-state index in [1.807, 2.05) is 13.8 Å². The number of carboxylic acids is 2. The molecule has 12 heteroatoms. The summed E-state index contributed by atoms with van der Waals surface area (Å²) in [5.74, 6) is -4.24. The Balaban J connectivity index is 2.90. The molecule has 1 heterocycles. The molecule has 0 spiro atoms. The number of carboxylic acid groups (broad SMARTS) is 2. The Morgan fingerprint density at radius 1 is 1.13 bits per heavy atom. The first-order chi connectivity index (χ1) is 14.5. The number of hydrogen-bond acceptors (Lipinski definition) is 7. The van der Waals surface area contributed by atoms with Crippen molar-refractivity contribution in [3.8, 4) is 0 Å². The number of carbonyl (C=O) groups is 5. The molecule has 1 rings (SSSR count). The van der Waals surface area contributed by atoms with Gasteiger partial charge in [-0.25, -0.2) is 4.79 Å². The third-order valence-corrected chi connectivity index (χ3v) is 5.32. The molecule has 0 aromatic carbocycles. The second-order valence-corrected chi connectivity index (χ2v) is 8.37. The number of thiol groups is 1. The second-order valence-electron chi connectivity index (χ2n) is 8.00. The Morgan fingerprint density at radius 2 is 1.77 bits per heavy atom. The lowest BCUT2D eigenvalue weighted by Gasteiger charge is -2.29. The van der Waals surface area contributed by atoms with Crippen molar-refractivity contribution in [1.29, 1.82) is 0 Å². The van der Waals surface area contributed by atoms with E-state index >= 15 is 0 Å². The van der Waals surface area contributed by atoms with Crippen molar-refractivity contribution in [1.82, 2.24) is 15.5 Å². The maximum atomic E-state index is 12.8. The van der Waals surface area contributed by atoms with Gasteiger partial charge in [0.25, 0.3) is 0 Å². The third kappa shape index (κ3) is 8.37. The lowest BCUT2D eigenvalue weighted by atomic mass is 10.0. The molecule has 0 aromatic heterocycles. The SMILES string of the molecule is CC(C)CC(N)C(=O)N1CCCC1C(=O)NC(CCC(=O)O)C(=O)NC(CS)C(=O)O. The van der Waals surface area contributed by atoms with Crippen molar-refractivity contribution in [3.63, 3.8) is 0 Å². The first kappa shape index (κ1) is 26.7. The van der Waals surface area contributed by atoms with Crippen LogP contribution in [0.2, 0.25) is 0 Å². The van der Waals surface area contributed by atoms with Gasteiger partial charge in [-0.1, -0.05) is 13.8 Å². The van der Waals surface area contributed by atoms with Gasteiger partial charge in [0.15, 0.2) is 0 Å². The number of amides is 3. The molecular formula is C19H32N4O7S. The average Bonchev–Trinajstić information content (AvgIpc) is 3.17. The van der Waals surface area contributed by atoms with Crippen LogP contribution in [0.5, 0.6) is 0 Å². The van der Waals surface area contributed by atoms with Gasteiger partial charge in [0.1, 0.15) is 18.1 Å². The largest absolute Gasteiger partial charge is 0.481 e. The van der Waals surface area contributed by atoms with Crippen molar-refractivity contribution in [3.05, 3.63) is 0 Å².